The van der Waals surface area contributed by atoms with Crippen LogP contribution in [0, 0.1) is 6.92 Å². The van der Waals surface area contributed by atoms with Crippen molar-refractivity contribution in [3.8, 4) is 10.8 Å². The van der Waals surface area contributed by atoms with Gasteiger partial charge in [0.05, 0.1) is 12.1 Å². The van der Waals surface area contributed by atoms with Gasteiger partial charge in [0.15, 0.2) is 10.8 Å². The van der Waals surface area contributed by atoms with E-state index in [1.54, 1.807) is 25.4 Å². The van der Waals surface area contributed by atoms with E-state index in [0.29, 0.717) is 21.4 Å². The van der Waals surface area contributed by atoms with Crippen molar-refractivity contribution in [1.82, 2.24) is 20.3 Å². The molecule has 0 radical (unpaired) electrons. The van der Waals surface area contributed by atoms with Crippen LogP contribution in [0.1, 0.15) is 21.8 Å². The molecule has 0 fully saturated rings. The molecule has 0 saturated heterocycles. The fourth-order valence-corrected chi connectivity index (χ4v) is 2.41. The van der Waals surface area contributed by atoms with Crippen LogP contribution >= 0.6 is 11.3 Å². The van der Waals surface area contributed by atoms with E-state index in [1.165, 1.54) is 11.3 Å². The van der Waals surface area contributed by atoms with Gasteiger partial charge in [-0.1, -0.05) is 0 Å². The van der Waals surface area contributed by atoms with Crippen molar-refractivity contribution in [2.24, 2.45) is 0 Å². The van der Waals surface area contributed by atoms with E-state index >= 15 is 0 Å². The molecule has 0 aliphatic heterocycles. The first-order valence-electron chi connectivity index (χ1n) is 5.82. The van der Waals surface area contributed by atoms with Crippen molar-refractivity contribution < 1.29 is 14.7 Å². The zero-order valence-electron chi connectivity index (χ0n) is 10.7. The predicted octanol–water partition coefficient (Wildman–Crippen LogP) is 1.11. The van der Waals surface area contributed by atoms with E-state index in [0.717, 1.165) is 0 Å². The summed E-state index contributed by atoms with van der Waals surface area (Å²) in [6.07, 6.45) is 3.09. The molecular formula is C12H12N4O3S. The topological polar surface area (TPSA) is 105 Å². The molecular weight excluding hydrogens is 280 g/mol. The lowest BCUT2D eigenvalue weighted by Crippen LogP contribution is -2.25. The molecule has 0 bridgehead atoms. The van der Waals surface area contributed by atoms with Crippen molar-refractivity contribution >= 4 is 23.2 Å². The maximum atomic E-state index is 11.9. The molecule has 2 aromatic heterocycles. The second-order valence-electron chi connectivity index (χ2n) is 3.91. The first kappa shape index (κ1) is 14.1. The van der Waals surface area contributed by atoms with Crippen LogP contribution in [0.2, 0.25) is 0 Å². The molecule has 0 aliphatic carbocycles. The van der Waals surface area contributed by atoms with Gasteiger partial charge in [-0.05, 0) is 13.0 Å². The third-order valence-electron chi connectivity index (χ3n) is 2.38. The Morgan fingerprint density at radius 1 is 1.35 bits per heavy atom. The maximum absolute atomic E-state index is 11.9. The number of aliphatic carboxylic acids is 1. The van der Waals surface area contributed by atoms with Crippen molar-refractivity contribution in [2.75, 3.05) is 6.54 Å². The highest BCUT2D eigenvalue weighted by molar-refractivity contribution is 7.17. The molecule has 0 unspecified atom stereocenters. The molecule has 0 atom stereocenters. The molecule has 2 aromatic rings. The van der Waals surface area contributed by atoms with Gasteiger partial charge in [0.25, 0.3) is 5.91 Å². The van der Waals surface area contributed by atoms with Gasteiger partial charge in [-0.3, -0.25) is 9.59 Å². The Morgan fingerprint density at radius 2 is 2.05 bits per heavy atom. The van der Waals surface area contributed by atoms with Gasteiger partial charge in [-0.25, -0.2) is 15.0 Å². The van der Waals surface area contributed by atoms with Crippen LogP contribution in [-0.4, -0.2) is 38.5 Å². The Labute approximate surface area is 118 Å². The maximum Gasteiger partial charge on any atom is 0.305 e. The van der Waals surface area contributed by atoms with Crippen LogP contribution in [0.4, 0.5) is 0 Å². The lowest BCUT2D eigenvalue weighted by Gasteiger charge is -2.00. The number of nitrogens with zero attached hydrogens (tertiary/aromatic N) is 3. The Bertz CT molecular complexity index is 627. The van der Waals surface area contributed by atoms with Gasteiger partial charge in [0.2, 0.25) is 0 Å². The highest BCUT2D eigenvalue weighted by atomic mass is 32.1. The first-order valence-corrected chi connectivity index (χ1v) is 6.64. The standard InChI is InChI=1S/C12H12N4O3S/c1-7-9(11(19)15-6-3-8(17)18)20-12(16-7)10-13-4-2-5-14-10/h2,4-5H,3,6H2,1H3,(H,15,19)(H,17,18). The largest absolute Gasteiger partial charge is 0.481 e. The third-order valence-corrected chi connectivity index (χ3v) is 3.54. The summed E-state index contributed by atoms with van der Waals surface area (Å²) in [5.74, 6) is -0.821. The van der Waals surface area contributed by atoms with Gasteiger partial charge in [0.1, 0.15) is 4.88 Å². The minimum atomic E-state index is -0.954. The normalized spacial score (nSPS) is 10.2. The summed E-state index contributed by atoms with van der Waals surface area (Å²) in [4.78, 5) is 35.2. The Kier molecular flexibility index (Phi) is 4.36. The SMILES string of the molecule is Cc1nc(-c2ncccn2)sc1C(=O)NCCC(=O)O. The molecule has 20 heavy (non-hydrogen) atoms. The summed E-state index contributed by atoms with van der Waals surface area (Å²) in [6.45, 7) is 1.80. The summed E-state index contributed by atoms with van der Waals surface area (Å²) >= 11 is 1.18. The molecule has 2 rings (SSSR count). The van der Waals surface area contributed by atoms with Gasteiger partial charge < -0.3 is 10.4 Å². The first-order chi connectivity index (χ1) is 9.58. The molecule has 8 heteroatoms. The number of carboxylic acids is 1. The average molecular weight is 292 g/mol. The summed E-state index contributed by atoms with van der Waals surface area (Å²) in [5.41, 5.74) is 0.574. The van der Waals surface area contributed by atoms with E-state index in [9.17, 15) is 9.59 Å². The van der Waals surface area contributed by atoms with Gasteiger partial charge in [-0.2, -0.15) is 0 Å². The number of aromatic nitrogens is 3. The number of thiazole rings is 1. The molecule has 1 amide bonds. The molecule has 0 spiro atoms. The molecule has 2 heterocycles. The van der Waals surface area contributed by atoms with Crippen molar-refractivity contribution in [3.05, 3.63) is 29.0 Å². The van der Waals surface area contributed by atoms with Crippen molar-refractivity contribution in [2.45, 2.75) is 13.3 Å². The summed E-state index contributed by atoms with van der Waals surface area (Å²) in [5, 5.41) is 11.6. The molecule has 0 saturated carbocycles. The minimum absolute atomic E-state index is 0.0860. The number of carbonyl (C=O) groups is 2. The number of amides is 1. The molecule has 104 valence electrons. The van der Waals surface area contributed by atoms with E-state index in [2.05, 4.69) is 20.3 Å². The lowest BCUT2D eigenvalue weighted by molar-refractivity contribution is -0.136. The summed E-state index contributed by atoms with van der Waals surface area (Å²) in [7, 11) is 0. The van der Waals surface area contributed by atoms with E-state index in [-0.39, 0.29) is 18.9 Å². The number of hydrogen-bond donors (Lipinski definition) is 2. The number of carboxylic acid groups (broad SMARTS) is 1. The molecule has 7 nitrogen and oxygen atoms in total. The van der Waals surface area contributed by atoms with E-state index < -0.39 is 5.97 Å². The van der Waals surface area contributed by atoms with Crippen LogP contribution < -0.4 is 5.32 Å². The quantitative estimate of drug-likeness (QED) is 0.855. The number of nitrogens with one attached hydrogen (secondary N) is 1. The molecule has 0 aromatic carbocycles. The molecule has 2 N–H and O–H groups in total. The summed E-state index contributed by atoms with van der Waals surface area (Å²) in [6, 6.07) is 1.70. The van der Waals surface area contributed by atoms with Gasteiger partial charge in [0, 0.05) is 18.9 Å². The minimum Gasteiger partial charge on any atom is -0.481 e. The van der Waals surface area contributed by atoms with Crippen molar-refractivity contribution in [1.29, 1.82) is 0 Å². The second-order valence-corrected chi connectivity index (χ2v) is 4.90. The zero-order valence-corrected chi connectivity index (χ0v) is 11.5. The number of aryl methyl sites for hydroxylation is 1. The van der Waals surface area contributed by atoms with E-state index in [4.69, 9.17) is 5.11 Å². The lowest BCUT2D eigenvalue weighted by atomic mass is 10.3. The monoisotopic (exact) mass is 292 g/mol. The fraction of sp³-hybridized carbons (Fsp3) is 0.250. The van der Waals surface area contributed by atoms with Gasteiger partial charge in [-0.15, -0.1) is 11.3 Å². The third kappa shape index (κ3) is 3.35. The predicted molar refractivity (Wildman–Crippen MR) is 72.5 cm³/mol. The van der Waals surface area contributed by atoms with Crippen LogP contribution in [-0.2, 0) is 4.79 Å². The zero-order chi connectivity index (χ0) is 14.5. The average Bonchev–Trinajstić information content (AvgIpc) is 2.81. The Morgan fingerprint density at radius 3 is 2.70 bits per heavy atom. The smallest absolute Gasteiger partial charge is 0.305 e. The highest BCUT2D eigenvalue weighted by Crippen LogP contribution is 2.24. The fourth-order valence-electron chi connectivity index (χ4n) is 1.48. The van der Waals surface area contributed by atoms with Crippen molar-refractivity contribution in [3.63, 3.8) is 0 Å². The number of rotatable bonds is 5. The molecule has 0 aliphatic rings. The van der Waals surface area contributed by atoms with Crippen LogP contribution in [0.15, 0.2) is 18.5 Å². The Balaban J connectivity index is 2.11. The summed E-state index contributed by atoms with van der Waals surface area (Å²) < 4.78 is 0. The highest BCUT2D eigenvalue weighted by Gasteiger charge is 2.17. The number of hydrogen-bond acceptors (Lipinski definition) is 6. The number of carbonyl (C=O) groups excluding carboxylic acids is 1. The Hall–Kier alpha value is -2.35. The van der Waals surface area contributed by atoms with Crippen LogP contribution in [0.3, 0.4) is 0 Å². The van der Waals surface area contributed by atoms with Crippen LogP contribution in [0.5, 0.6) is 0 Å². The van der Waals surface area contributed by atoms with E-state index in [1.807, 2.05) is 0 Å². The van der Waals surface area contributed by atoms with Crippen LogP contribution in [0.25, 0.3) is 10.8 Å². The second kappa shape index (κ2) is 6.20. The van der Waals surface area contributed by atoms with Gasteiger partial charge >= 0.3 is 5.97 Å².